The smallest absolute Gasteiger partial charge is 0.339 e. The number of ether oxygens (including phenoxy) is 1. The average molecular weight is 543 g/mol. The van der Waals surface area contributed by atoms with Gasteiger partial charge in [0.15, 0.2) is 0 Å². The fourth-order valence-corrected chi connectivity index (χ4v) is 5.04. The van der Waals surface area contributed by atoms with Crippen LogP contribution in [0.3, 0.4) is 0 Å². The maximum atomic E-state index is 13.6. The van der Waals surface area contributed by atoms with Crippen LogP contribution in [0.25, 0.3) is 0 Å². The van der Waals surface area contributed by atoms with Gasteiger partial charge in [0, 0.05) is 12.2 Å². The number of rotatable bonds is 9. The summed E-state index contributed by atoms with van der Waals surface area (Å²) >= 11 is 1.17. The van der Waals surface area contributed by atoms with E-state index in [4.69, 9.17) is 9.15 Å². The number of amides is 2. The molecule has 198 valence electrons. The van der Waals surface area contributed by atoms with Crippen molar-refractivity contribution in [2.75, 3.05) is 18.2 Å². The van der Waals surface area contributed by atoms with Crippen LogP contribution in [-0.2, 0) is 20.9 Å². The molecule has 0 aliphatic carbocycles. The van der Waals surface area contributed by atoms with Crippen LogP contribution >= 0.6 is 11.8 Å². The molecule has 3 aromatic rings. The molecule has 0 bridgehead atoms. The van der Waals surface area contributed by atoms with Crippen molar-refractivity contribution >= 4 is 35.2 Å². The van der Waals surface area contributed by atoms with Gasteiger partial charge in [-0.05, 0) is 36.8 Å². The highest BCUT2D eigenvalue weighted by Crippen LogP contribution is 2.41. The molecule has 9 nitrogen and oxygen atoms in total. The zero-order chi connectivity index (χ0) is 27.8. The molecule has 0 saturated carbocycles. The van der Waals surface area contributed by atoms with E-state index in [0.29, 0.717) is 23.0 Å². The molecule has 0 spiro atoms. The highest BCUT2D eigenvalue weighted by atomic mass is 32.2. The van der Waals surface area contributed by atoms with Crippen molar-refractivity contribution in [2.24, 2.45) is 0 Å². The van der Waals surface area contributed by atoms with E-state index < -0.39 is 17.8 Å². The summed E-state index contributed by atoms with van der Waals surface area (Å²) in [6, 6.07) is 21.6. The predicted octanol–water partition coefficient (Wildman–Crippen LogP) is 4.45. The lowest BCUT2D eigenvalue weighted by Gasteiger charge is -2.28. The van der Waals surface area contributed by atoms with Gasteiger partial charge in [0.2, 0.25) is 5.91 Å². The molecule has 10 heteroatoms. The molecule has 2 aromatic carbocycles. The number of carbonyl (C=O) groups excluding carboxylic acids is 3. The fourth-order valence-electron chi connectivity index (χ4n) is 4.12. The minimum atomic E-state index is -0.827. The Kier molecular flexibility index (Phi) is 8.86. The number of esters is 1. The molecule has 4 rings (SSSR count). The number of allylic oxidation sites excluding steroid dienone is 2. The monoisotopic (exact) mass is 542 g/mol. The van der Waals surface area contributed by atoms with E-state index in [1.165, 1.54) is 25.1 Å². The third kappa shape index (κ3) is 6.40. The molecule has 1 aliphatic rings. The van der Waals surface area contributed by atoms with Crippen LogP contribution in [0.15, 0.2) is 99.3 Å². The number of hydrogen-bond acceptors (Lipinski definition) is 8. The Morgan fingerprint density at radius 1 is 1.08 bits per heavy atom. The van der Waals surface area contributed by atoms with Gasteiger partial charge in [-0.25, -0.2) is 4.79 Å². The van der Waals surface area contributed by atoms with Crippen molar-refractivity contribution in [3.63, 3.8) is 0 Å². The standard InChI is InChI=1S/C29H26N4O5S/c1-18-25(27(35)33-22-12-7-6-11-20(22)29(36)37-2)26(23-13-8-14-38-23)21(15-30)28(32-18)39-17-24(34)31-16-19-9-4-3-5-10-19/h3-14,26,32H,16-17H2,1-2H3,(H,31,34)(H,33,35)/t26-/m0/s1. The first-order valence-corrected chi connectivity index (χ1v) is 13.0. The van der Waals surface area contributed by atoms with Gasteiger partial charge in [0.1, 0.15) is 5.76 Å². The molecule has 2 heterocycles. The topological polar surface area (TPSA) is 133 Å². The lowest BCUT2D eigenvalue weighted by Crippen LogP contribution is -2.31. The number of benzene rings is 2. The fraction of sp³-hybridized carbons (Fsp3) is 0.172. The van der Waals surface area contributed by atoms with Crippen molar-refractivity contribution in [1.29, 1.82) is 5.26 Å². The molecular weight excluding hydrogens is 516 g/mol. The molecule has 0 radical (unpaired) electrons. The second-order valence-electron chi connectivity index (χ2n) is 8.51. The first-order chi connectivity index (χ1) is 18.9. The van der Waals surface area contributed by atoms with Crippen LogP contribution in [0.5, 0.6) is 0 Å². The summed E-state index contributed by atoms with van der Waals surface area (Å²) in [6.07, 6.45) is 1.47. The van der Waals surface area contributed by atoms with E-state index >= 15 is 0 Å². The van der Waals surface area contributed by atoms with Crippen LogP contribution < -0.4 is 16.0 Å². The van der Waals surface area contributed by atoms with Crippen molar-refractivity contribution in [1.82, 2.24) is 10.6 Å². The summed E-state index contributed by atoms with van der Waals surface area (Å²) in [5.74, 6) is -1.68. The Hall–Kier alpha value is -4.75. The Morgan fingerprint density at radius 2 is 1.82 bits per heavy atom. The maximum Gasteiger partial charge on any atom is 0.339 e. The predicted molar refractivity (Wildman–Crippen MR) is 147 cm³/mol. The lowest BCUT2D eigenvalue weighted by molar-refractivity contribution is -0.118. The Morgan fingerprint density at radius 3 is 2.51 bits per heavy atom. The molecular formula is C29H26N4O5S. The van der Waals surface area contributed by atoms with Gasteiger partial charge < -0.3 is 25.1 Å². The van der Waals surface area contributed by atoms with E-state index in [-0.39, 0.29) is 34.1 Å². The number of hydrogen-bond donors (Lipinski definition) is 3. The van der Waals surface area contributed by atoms with Crippen LogP contribution in [0.2, 0.25) is 0 Å². The zero-order valence-corrected chi connectivity index (χ0v) is 22.1. The number of nitrogens with one attached hydrogen (secondary N) is 3. The minimum absolute atomic E-state index is 0.0620. The van der Waals surface area contributed by atoms with Crippen LogP contribution in [0, 0.1) is 11.3 Å². The highest BCUT2D eigenvalue weighted by molar-refractivity contribution is 8.03. The normalized spacial score (nSPS) is 14.7. The van der Waals surface area contributed by atoms with E-state index in [9.17, 15) is 19.6 Å². The van der Waals surface area contributed by atoms with Gasteiger partial charge in [-0.15, -0.1) is 0 Å². The summed E-state index contributed by atoms with van der Waals surface area (Å²) in [4.78, 5) is 38.3. The summed E-state index contributed by atoms with van der Waals surface area (Å²) in [5, 5.41) is 19.4. The average Bonchev–Trinajstić information content (AvgIpc) is 3.49. The number of nitriles is 1. The number of nitrogens with zero attached hydrogens (tertiary/aromatic N) is 1. The molecule has 0 fully saturated rings. The first-order valence-electron chi connectivity index (χ1n) is 12.0. The van der Waals surface area contributed by atoms with E-state index in [1.807, 2.05) is 30.3 Å². The first kappa shape index (κ1) is 27.3. The van der Waals surface area contributed by atoms with Crippen molar-refractivity contribution in [2.45, 2.75) is 19.4 Å². The molecule has 0 saturated heterocycles. The van der Waals surface area contributed by atoms with Crippen molar-refractivity contribution < 1.29 is 23.5 Å². The van der Waals surface area contributed by atoms with Gasteiger partial charge >= 0.3 is 5.97 Å². The SMILES string of the molecule is COC(=O)c1ccccc1NC(=O)C1=C(C)NC(SCC(=O)NCc2ccccc2)=C(C#N)[C@H]1c1ccco1. The largest absolute Gasteiger partial charge is 0.468 e. The van der Waals surface area contributed by atoms with Gasteiger partial charge in [-0.3, -0.25) is 9.59 Å². The van der Waals surface area contributed by atoms with E-state index in [1.54, 1.807) is 43.3 Å². The van der Waals surface area contributed by atoms with Gasteiger partial charge in [-0.2, -0.15) is 5.26 Å². The number of para-hydroxylation sites is 1. The van der Waals surface area contributed by atoms with Crippen molar-refractivity contribution in [3.8, 4) is 6.07 Å². The van der Waals surface area contributed by atoms with E-state index in [0.717, 1.165) is 5.56 Å². The number of methoxy groups -OCH3 is 1. The van der Waals surface area contributed by atoms with Gasteiger partial charge in [0.05, 0.1) is 58.5 Å². The third-order valence-corrected chi connectivity index (χ3v) is 7.00. The molecule has 3 N–H and O–H groups in total. The lowest BCUT2D eigenvalue weighted by atomic mass is 9.85. The molecule has 39 heavy (non-hydrogen) atoms. The number of carbonyl (C=O) groups is 3. The number of anilines is 1. The molecule has 0 unspecified atom stereocenters. The van der Waals surface area contributed by atoms with Crippen LogP contribution in [0.4, 0.5) is 5.69 Å². The Balaban J connectivity index is 1.57. The number of dihydropyridines is 1. The molecule has 1 aliphatic heterocycles. The number of thioether (sulfide) groups is 1. The van der Waals surface area contributed by atoms with E-state index in [2.05, 4.69) is 22.0 Å². The van der Waals surface area contributed by atoms with Crippen LogP contribution in [-0.4, -0.2) is 30.6 Å². The number of furan rings is 1. The summed E-state index contributed by atoms with van der Waals surface area (Å²) in [5.41, 5.74) is 2.41. The summed E-state index contributed by atoms with van der Waals surface area (Å²) in [6.45, 7) is 2.10. The van der Waals surface area contributed by atoms with Gasteiger partial charge in [-0.1, -0.05) is 54.2 Å². The highest BCUT2D eigenvalue weighted by Gasteiger charge is 2.36. The third-order valence-electron chi connectivity index (χ3n) is 5.98. The summed E-state index contributed by atoms with van der Waals surface area (Å²) in [7, 11) is 1.26. The quantitative estimate of drug-likeness (QED) is 0.338. The Bertz CT molecular complexity index is 1470. The minimum Gasteiger partial charge on any atom is -0.468 e. The zero-order valence-electron chi connectivity index (χ0n) is 21.3. The van der Waals surface area contributed by atoms with Crippen LogP contribution in [0.1, 0.15) is 34.5 Å². The molecule has 2 amide bonds. The molecule has 1 aromatic heterocycles. The summed E-state index contributed by atoms with van der Waals surface area (Å²) < 4.78 is 10.5. The van der Waals surface area contributed by atoms with Gasteiger partial charge in [0.25, 0.3) is 5.91 Å². The molecule has 1 atom stereocenters. The Labute approximate surface area is 229 Å². The van der Waals surface area contributed by atoms with Crippen molar-refractivity contribution in [3.05, 3.63) is 112 Å². The maximum absolute atomic E-state index is 13.6. The second kappa shape index (κ2) is 12.7. The second-order valence-corrected chi connectivity index (χ2v) is 9.49.